The average molecular weight is 498 g/mol. The zero-order valence-corrected chi connectivity index (χ0v) is 19.6. The second kappa shape index (κ2) is 8.47. The first-order valence-corrected chi connectivity index (χ1v) is 11.4. The van der Waals surface area contributed by atoms with E-state index in [1.807, 2.05) is 40.9 Å². The monoisotopic (exact) mass is 497 g/mol. The van der Waals surface area contributed by atoms with Gasteiger partial charge >= 0.3 is 0 Å². The number of likely N-dealkylation sites (N-methyl/N-ethyl adjacent to an activating group) is 1. The van der Waals surface area contributed by atoms with Crippen molar-refractivity contribution in [2.75, 3.05) is 45.1 Å². The van der Waals surface area contributed by atoms with Crippen molar-refractivity contribution in [3.8, 4) is 11.4 Å². The number of para-hydroxylation sites is 1. The molecule has 4 aromatic rings. The normalized spacial score (nSPS) is 15.0. The first-order valence-electron chi connectivity index (χ1n) is 10.6. The molecule has 1 aliphatic rings. The molecule has 0 spiro atoms. The molecule has 0 aliphatic carbocycles. The summed E-state index contributed by atoms with van der Waals surface area (Å²) < 4.78 is 4.36. The third kappa shape index (κ3) is 3.82. The topological polar surface area (TPSA) is 96.5 Å². The molecule has 32 heavy (non-hydrogen) atoms. The van der Waals surface area contributed by atoms with Gasteiger partial charge in [-0.3, -0.25) is 9.48 Å². The smallest absolute Gasteiger partial charge is 0.242 e. The van der Waals surface area contributed by atoms with Crippen molar-refractivity contribution in [2.24, 2.45) is 0 Å². The van der Waals surface area contributed by atoms with E-state index in [2.05, 4.69) is 38.3 Å². The maximum atomic E-state index is 12.8. The molecule has 1 aromatic carbocycles. The van der Waals surface area contributed by atoms with Gasteiger partial charge in [0.25, 0.3) is 0 Å². The molecule has 0 radical (unpaired) electrons. The number of halogens is 1. The number of hydrogen-bond acceptors (Lipinski definition) is 7. The van der Waals surface area contributed by atoms with E-state index < -0.39 is 0 Å². The van der Waals surface area contributed by atoms with Gasteiger partial charge in [-0.1, -0.05) is 6.07 Å². The van der Waals surface area contributed by atoms with Crippen LogP contribution in [0, 0.1) is 0 Å². The Morgan fingerprint density at radius 2 is 2.00 bits per heavy atom. The van der Waals surface area contributed by atoms with E-state index in [4.69, 9.17) is 15.1 Å². The number of anilines is 1. The molecule has 1 N–H and O–H groups in total. The summed E-state index contributed by atoms with van der Waals surface area (Å²) in [7, 11) is 2.07. The Hall–Kier alpha value is -3.05. The average Bonchev–Trinajstić information content (AvgIpc) is 3.45. The third-order valence-corrected chi connectivity index (χ3v) is 6.36. The number of piperazine rings is 1. The van der Waals surface area contributed by atoms with Crippen molar-refractivity contribution < 1.29 is 4.79 Å². The molecule has 10 nitrogen and oxygen atoms in total. The number of nitrogens with one attached hydrogen (secondary N) is 1. The molecule has 0 unspecified atom stereocenters. The van der Waals surface area contributed by atoms with Gasteiger partial charge in [-0.2, -0.15) is 9.61 Å². The number of hydrogen-bond donors (Lipinski definition) is 1. The lowest BCUT2D eigenvalue weighted by atomic mass is 10.2. The molecule has 1 fully saturated rings. The highest BCUT2D eigenvalue weighted by molar-refractivity contribution is 9.10. The number of fused-ring (bicyclic) bond motifs is 3. The number of carbonyl (C=O) groups is 1. The van der Waals surface area contributed by atoms with Crippen LogP contribution in [0.4, 0.5) is 5.95 Å². The second-order valence-electron chi connectivity index (χ2n) is 7.86. The Labute approximate surface area is 193 Å². The third-order valence-electron chi connectivity index (χ3n) is 5.72. The first kappa shape index (κ1) is 20.8. The number of aryl methyl sites for hydroxylation is 1. The van der Waals surface area contributed by atoms with Crippen LogP contribution in [-0.4, -0.2) is 84.8 Å². The van der Waals surface area contributed by atoms with Gasteiger partial charge in [-0.15, -0.1) is 5.10 Å². The first-order chi connectivity index (χ1) is 15.5. The van der Waals surface area contributed by atoms with E-state index in [9.17, 15) is 4.79 Å². The van der Waals surface area contributed by atoms with E-state index in [0.717, 1.165) is 53.7 Å². The van der Waals surface area contributed by atoms with Crippen molar-refractivity contribution in [2.45, 2.75) is 13.5 Å². The lowest BCUT2D eigenvalue weighted by Gasteiger charge is -2.32. The Bertz CT molecular complexity index is 1290. The Morgan fingerprint density at radius 3 is 2.75 bits per heavy atom. The van der Waals surface area contributed by atoms with Crippen molar-refractivity contribution in [3.63, 3.8) is 0 Å². The van der Waals surface area contributed by atoms with E-state index in [1.54, 1.807) is 10.7 Å². The fraction of sp³-hybridized carbons (Fsp3) is 0.381. The van der Waals surface area contributed by atoms with Crippen LogP contribution in [0.1, 0.15) is 6.92 Å². The Morgan fingerprint density at radius 1 is 1.19 bits per heavy atom. The molecule has 0 bridgehead atoms. The van der Waals surface area contributed by atoms with Gasteiger partial charge in [-0.25, -0.2) is 9.97 Å². The van der Waals surface area contributed by atoms with Gasteiger partial charge in [-0.05, 0) is 42.0 Å². The van der Waals surface area contributed by atoms with Gasteiger partial charge in [0, 0.05) is 48.8 Å². The molecule has 5 rings (SSSR count). The number of nitrogens with zero attached hydrogens (tertiary/aromatic N) is 8. The van der Waals surface area contributed by atoms with Gasteiger partial charge in [0.15, 0.2) is 11.5 Å². The van der Waals surface area contributed by atoms with Gasteiger partial charge in [0.2, 0.25) is 11.9 Å². The molecule has 1 amide bonds. The summed E-state index contributed by atoms with van der Waals surface area (Å²) in [6, 6.07) is 5.85. The Kier molecular flexibility index (Phi) is 5.51. The maximum Gasteiger partial charge on any atom is 0.242 e. The van der Waals surface area contributed by atoms with Crippen LogP contribution in [0.5, 0.6) is 0 Å². The zero-order chi connectivity index (χ0) is 22.2. The standard InChI is InChI=1S/C21H24BrN9O/c1-3-30-13-14(11-24-30)19-26-20-15-5-4-6-16(22)18(15)25-21(31(20)27-19)23-12-17(32)29-9-7-28(2)8-10-29/h4-6,11,13H,3,7-10,12H2,1-2H3,(H,23,25). The summed E-state index contributed by atoms with van der Waals surface area (Å²) in [5.74, 6) is 1.08. The lowest BCUT2D eigenvalue weighted by Crippen LogP contribution is -2.48. The van der Waals surface area contributed by atoms with Gasteiger partial charge in [0.1, 0.15) is 0 Å². The summed E-state index contributed by atoms with van der Waals surface area (Å²) >= 11 is 3.59. The molecule has 1 saturated heterocycles. The summed E-state index contributed by atoms with van der Waals surface area (Å²) in [4.78, 5) is 26.4. The summed E-state index contributed by atoms with van der Waals surface area (Å²) in [6.45, 7) is 6.18. The summed E-state index contributed by atoms with van der Waals surface area (Å²) in [5, 5.41) is 13.1. The molecule has 0 saturated carbocycles. The highest BCUT2D eigenvalue weighted by atomic mass is 79.9. The van der Waals surface area contributed by atoms with E-state index in [1.165, 1.54) is 0 Å². The molecule has 0 atom stereocenters. The zero-order valence-electron chi connectivity index (χ0n) is 18.0. The molecule has 3 aromatic heterocycles. The number of amides is 1. The Balaban J connectivity index is 1.51. The molecular weight excluding hydrogens is 474 g/mol. The van der Waals surface area contributed by atoms with Crippen molar-refractivity contribution in [1.82, 2.24) is 39.2 Å². The molecule has 11 heteroatoms. The van der Waals surface area contributed by atoms with E-state index in [0.29, 0.717) is 17.4 Å². The predicted molar refractivity (Wildman–Crippen MR) is 125 cm³/mol. The van der Waals surface area contributed by atoms with Crippen molar-refractivity contribution in [1.29, 1.82) is 0 Å². The highest BCUT2D eigenvalue weighted by Gasteiger charge is 2.21. The number of aromatic nitrogens is 6. The van der Waals surface area contributed by atoms with Crippen LogP contribution in [0.25, 0.3) is 27.9 Å². The summed E-state index contributed by atoms with van der Waals surface area (Å²) in [6.07, 6.45) is 3.68. The number of rotatable bonds is 5. The van der Waals surface area contributed by atoms with Crippen LogP contribution in [-0.2, 0) is 11.3 Å². The molecule has 166 valence electrons. The largest absolute Gasteiger partial charge is 0.345 e. The molecule has 4 heterocycles. The molecule has 1 aliphatic heterocycles. The summed E-state index contributed by atoms with van der Waals surface area (Å²) in [5.41, 5.74) is 2.26. The number of carbonyl (C=O) groups excluding carboxylic acids is 1. The lowest BCUT2D eigenvalue weighted by molar-refractivity contribution is -0.130. The number of benzene rings is 1. The van der Waals surface area contributed by atoms with Crippen LogP contribution in [0.15, 0.2) is 35.1 Å². The van der Waals surface area contributed by atoms with E-state index in [-0.39, 0.29) is 12.5 Å². The van der Waals surface area contributed by atoms with Crippen LogP contribution in [0.3, 0.4) is 0 Å². The SMILES string of the molecule is CCn1cc(-c2nc3c4cccc(Br)c4nc(NCC(=O)N4CCN(C)CC4)n3n2)cn1. The minimum absolute atomic E-state index is 0.0461. The highest BCUT2D eigenvalue weighted by Crippen LogP contribution is 2.28. The minimum atomic E-state index is 0.0461. The fourth-order valence-corrected chi connectivity index (χ4v) is 4.26. The predicted octanol–water partition coefficient (Wildman–Crippen LogP) is 2.11. The minimum Gasteiger partial charge on any atom is -0.345 e. The quantitative estimate of drug-likeness (QED) is 0.450. The van der Waals surface area contributed by atoms with E-state index >= 15 is 0 Å². The second-order valence-corrected chi connectivity index (χ2v) is 8.72. The van der Waals surface area contributed by atoms with Crippen LogP contribution < -0.4 is 5.32 Å². The van der Waals surface area contributed by atoms with Crippen molar-refractivity contribution in [3.05, 3.63) is 35.1 Å². The van der Waals surface area contributed by atoms with Gasteiger partial charge in [0.05, 0.1) is 23.8 Å². The molecular formula is C21H24BrN9O. The van der Waals surface area contributed by atoms with Crippen LogP contribution >= 0.6 is 15.9 Å². The fourth-order valence-electron chi connectivity index (χ4n) is 3.81. The van der Waals surface area contributed by atoms with Crippen molar-refractivity contribution >= 4 is 44.3 Å². The van der Waals surface area contributed by atoms with Crippen LogP contribution in [0.2, 0.25) is 0 Å². The maximum absolute atomic E-state index is 12.8. The van der Waals surface area contributed by atoms with Gasteiger partial charge < -0.3 is 15.1 Å².